The molecule has 3 nitrogen and oxygen atoms in total. The topological polar surface area (TPSA) is 45.1 Å². The Hall–Kier alpha value is -1.45. The normalized spacial score (nSPS) is 21.4. The zero-order valence-corrected chi connectivity index (χ0v) is 12.5. The maximum Gasteiger partial charge on any atom is 0.0939 e. The van der Waals surface area contributed by atoms with E-state index >= 15 is 0 Å². The summed E-state index contributed by atoms with van der Waals surface area (Å²) in [6, 6.07) is 4.30. The Morgan fingerprint density at radius 3 is 2.75 bits per heavy atom. The molecular formula is C17H24N2O. The lowest BCUT2D eigenvalue weighted by Gasteiger charge is -2.25. The third-order valence-corrected chi connectivity index (χ3v) is 4.02. The number of aryl methyl sites for hydroxylation is 1. The first-order chi connectivity index (χ1) is 9.65. The minimum atomic E-state index is -0.432. The van der Waals surface area contributed by atoms with E-state index in [4.69, 9.17) is 0 Å². The van der Waals surface area contributed by atoms with Crippen LogP contribution in [0.2, 0.25) is 0 Å². The highest BCUT2D eigenvalue weighted by molar-refractivity contribution is 5.34. The molecule has 1 aromatic heterocycles. The molecule has 0 amide bonds. The van der Waals surface area contributed by atoms with Gasteiger partial charge in [0, 0.05) is 23.9 Å². The summed E-state index contributed by atoms with van der Waals surface area (Å²) in [7, 11) is 1.89. The highest BCUT2D eigenvalue weighted by atomic mass is 16.3. The summed E-state index contributed by atoms with van der Waals surface area (Å²) < 4.78 is 0. The maximum atomic E-state index is 10.3. The summed E-state index contributed by atoms with van der Waals surface area (Å²) in [5, 5.41) is 13.5. The molecule has 1 aromatic rings. The minimum absolute atomic E-state index is 0.114. The number of aliphatic hydroxyl groups excluding tert-OH is 1. The van der Waals surface area contributed by atoms with Gasteiger partial charge in [0.1, 0.15) is 0 Å². The van der Waals surface area contributed by atoms with Crippen LogP contribution in [0.25, 0.3) is 0 Å². The average molecular weight is 272 g/mol. The second-order valence-corrected chi connectivity index (χ2v) is 5.39. The van der Waals surface area contributed by atoms with Crippen LogP contribution in [0.4, 0.5) is 0 Å². The first kappa shape index (κ1) is 14.9. The van der Waals surface area contributed by atoms with Crippen molar-refractivity contribution in [3.05, 3.63) is 53.4 Å². The van der Waals surface area contributed by atoms with E-state index < -0.39 is 6.10 Å². The molecule has 0 radical (unpaired) electrons. The lowest BCUT2D eigenvalue weighted by atomic mass is 9.88. The molecule has 108 valence electrons. The molecule has 20 heavy (non-hydrogen) atoms. The van der Waals surface area contributed by atoms with Crippen LogP contribution in [0.5, 0.6) is 0 Å². The minimum Gasteiger partial charge on any atom is -0.387 e. The van der Waals surface area contributed by atoms with E-state index in [1.165, 1.54) is 5.56 Å². The van der Waals surface area contributed by atoms with Gasteiger partial charge in [0.15, 0.2) is 0 Å². The van der Waals surface area contributed by atoms with Crippen LogP contribution in [0.3, 0.4) is 0 Å². The van der Waals surface area contributed by atoms with Gasteiger partial charge < -0.3 is 10.4 Å². The van der Waals surface area contributed by atoms with E-state index in [2.05, 4.69) is 41.5 Å². The molecule has 0 spiro atoms. The Labute approximate surface area is 121 Å². The van der Waals surface area contributed by atoms with Crippen LogP contribution in [0.15, 0.2) is 42.1 Å². The van der Waals surface area contributed by atoms with Crippen LogP contribution in [-0.2, 0) is 0 Å². The van der Waals surface area contributed by atoms with Crippen LogP contribution >= 0.6 is 0 Å². The van der Waals surface area contributed by atoms with Crippen molar-refractivity contribution in [3.8, 4) is 0 Å². The second kappa shape index (κ2) is 6.82. The lowest BCUT2D eigenvalue weighted by Crippen LogP contribution is -2.38. The Morgan fingerprint density at radius 2 is 2.25 bits per heavy atom. The molecule has 1 aliphatic rings. The summed E-state index contributed by atoms with van der Waals surface area (Å²) >= 11 is 0. The van der Waals surface area contributed by atoms with Gasteiger partial charge in [0.2, 0.25) is 0 Å². The predicted molar refractivity (Wildman–Crippen MR) is 82.7 cm³/mol. The van der Waals surface area contributed by atoms with Crippen molar-refractivity contribution in [2.45, 2.75) is 44.8 Å². The first-order valence-corrected chi connectivity index (χ1v) is 7.31. The third kappa shape index (κ3) is 3.35. The summed E-state index contributed by atoms with van der Waals surface area (Å²) in [5.41, 5.74) is 3.29. The highest BCUT2D eigenvalue weighted by Crippen LogP contribution is 2.28. The molecule has 0 aromatic carbocycles. The summed E-state index contributed by atoms with van der Waals surface area (Å²) in [6.07, 6.45) is 9.73. The number of allylic oxidation sites excluding steroid dienone is 2. The fraction of sp³-hybridized carbons (Fsp3) is 0.471. The van der Waals surface area contributed by atoms with Crippen molar-refractivity contribution in [3.63, 3.8) is 0 Å². The zero-order chi connectivity index (χ0) is 14.5. The summed E-state index contributed by atoms with van der Waals surface area (Å²) in [6.45, 7) is 4.08. The molecule has 1 aliphatic carbocycles. The molecular weight excluding hydrogens is 248 g/mol. The number of nitrogens with zero attached hydrogens (tertiary/aromatic N) is 1. The van der Waals surface area contributed by atoms with Crippen LogP contribution in [0, 0.1) is 6.92 Å². The van der Waals surface area contributed by atoms with E-state index in [-0.39, 0.29) is 6.04 Å². The number of aliphatic hydroxyl groups is 1. The predicted octanol–water partition coefficient (Wildman–Crippen LogP) is 2.72. The Morgan fingerprint density at radius 1 is 1.45 bits per heavy atom. The SMILES string of the molecule is CCC(NC)C(O)C1=CCC(c2ccc(C)nc2)C=C1. The molecule has 0 fully saturated rings. The number of likely N-dealkylation sites (N-methyl/N-ethyl adjacent to an activating group) is 1. The summed E-state index contributed by atoms with van der Waals surface area (Å²) in [4.78, 5) is 4.35. The zero-order valence-electron chi connectivity index (χ0n) is 12.5. The smallest absolute Gasteiger partial charge is 0.0939 e. The van der Waals surface area contributed by atoms with Crippen molar-refractivity contribution in [1.82, 2.24) is 10.3 Å². The van der Waals surface area contributed by atoms with E-state index in [1.54, 1.807) is 0 Å². The number of hydrogen-bond acceptors (Lipinski definition) is 3. The number of pyridine rings is 1. The van der Waals surface area contributed by atoms with Gasteiger partial charge in [-0.3, -0.25) is 4.98 Å². The molecule has 3 unspecified atom stereocenters. The highest BCUT2D eigenvalue weighted by Gasteiger charge is 2.21. The van der Waals surface area contributed by atoms with Crippen molar-refractivity contribution in [2.24, 2.45) is 0 Å². The van der Waals surface area contributed by atoms with Gasteiger partial charge in [-0.1, -0.05) is 31.2 Å². The van der Waals surface area contributed by atoms with Crippen LogP contribution in [0.1, 0.15) is 36.9 Å². The number of aromatic nitrogens is 1. The van der Waals surface area contributed by atoms with Crippen LogP contribution < -0.4 is 5.32 Å². The fourth-order valence-electron chi connectivity index (χ4n) is 2.62. The van der Waals surface area contributed by atoms with E-state index in [0.717, 1.165) is 24.1 Å². The largest absolute Gasteiger partial charge is 0.387 e. The van der Waals surface area contributed by atoms with Crippen molar-refractivity contribution in [2.75, 3.05) is 7.05 Å². The molecule has 0 aliphatic heterocycles. The average Bonchev–Trinajstić information content (AvgIpc) is 2.49. The van der Waals surface area contributed by atoms with E-state index in [0.29, 0.717) is 5.92 Å². The quantitative estimate of drug-likeness (QED) is 0.866. The van der Waals surface area contributed by atoms with Gasteiger partial charge >= 0.3 is 0 Å². The standard InChI is InChI=1S/C17H24N2O/c1-4-16(18-3)17(20)14-9-7-13(8-10-14)15-6-5-12(2)19-11-15/h5-7,9-11,13,16-18,20H,4,8H2,1-3H3. The van der Waals surface area contributed by atoms with E-state index in [9.17, 15) is 5.11 Å². The molecule has 0 saturated carbocycles. The van der Waals surface area contributed by atoms with Gasteiger partial charge in [0.05, 0.1) is 6.10 Å². The van der Waals surface area contributed by atoms with Crippen molar-refractivity contribution >= 4 is 0 Å². The monoisotopic (exact) mass is 272 g/mol. The molecule has 0 bridgehead atoms. The van der Waals surface area contributed by atoms with E-state index in [1.807, 2.05) is 26.2 Å². The lowest BCUT2D eigenvalue weighted by molar-refractivity contribution is 0.165. The van der Waals surface area contributed by atoms with Crippen molar-refractivity contribution < 1.29 is 5.11 Å². The van der Waals surface area contributed by atoms with Crippen LogP contribution in [-0.4, -0.2) is 29.3 Å². The molecule has 2 rings (SSSR count). The Balaban J connectivity index is 2.04. The van der Waals surface area contributed by atoms with Gasteiger partial charge in [-0.2, -0.15) is 0 Å². The Kier molecular flexibility index (Phi) is 5.10. The molecule has 1 heterocycles. The molecule has 0 saturated heterocycles. The number of nitrogens with one attached hydrogen (secondary N) is 1. The first-order valence-electron chi connectivity index (χ1n) is 7.31. The molecule has 2 N–H and O–H groups in total. The van der Waals surface area contributed by atoms with Gasteiger partial charge in [-0.25, -0.2) is 0 Å². The van der Waals surface area contributed by atoms with Gasteiger partial charge in [-0.15, -0.1) is 0 Å². The van der Waals surface area contributed by atoms with Gasteiger partial charge in [0.25, 0.3) is 0 Å². The maximum absolute atomic E-state index is 10.3. The Bertz CT molecular complexity index is 486. The van der Waals surface area contributed by atoms with Crippen molar-refractivity contribution in [1.29, 1.82) is 0 Å². The second-order valence-electron chi connectivity index (χ2n) is 5.39. The molecule has 3 atom stereocenters. The number of rotatable bonds is 5. The molecule has 3 heteroatoms. The third-order valence-electron chi connectivity index (χ3n) is 4.02. The fourth-order valence-corrected chi connectivity index (χ4v) is 2.62. The number of hydrogen-bond donors (Lipinski definition) is 2. The summed E-state index contributed by atoms with van der Waals surface area (Å²) in [5.74, 6) is 0.369. The van der Waals surface area contributed by atoms with Gasteiger partial charge in [-0.05, 0) is 44.0 Å².